The quantitative estimate of drug-likeness (QED) is 0.114. The zero-order valence-corrected chi connectivity index (χ0v) is 25.5. The van der Waals surface area contributed by atoms with E-state index in [1.54, 1.807) is 73.8 Å². The highest BCUT2D eigenvalue weighted by atomic mass is 19.1. The van der Waals surface area contributed by atoms with Gasteiger partial charge in [-0.15, -0.1) is 0 Å². The lowest BCUT2D eigenvalue weighted by Crippen LogP contribution is -2.09. The van der Waals surface area contributed by atoms with Crippen LogP contribution in [-0.2, 0) is 20.1 Å². The van der Waals surface area contributed by atoms with Crippen molar-refractivity contribution in [1.29, 1.82) is 5.26 Å². The van der Waals surface area contributed by atoms with Crippen LogP contribution in [0.2, 0.25) is 0 Å². The minimum Gasteiger partial charge on any atom is -0.492 e. The van der Waals surface area contributed by atoms with Gasteiger partial charge in [0.25, 0.3) is 0 Å². The Morgan fingerprint density at radius 2 is 1.66 bits per heavy atom. The van der Waals surface area contributed by atoms with Crippen molar-refractivity contribution >= 4 is 17.0 Å². The number of carbonyl (C=O) groups excluding carboxylic acids is 1. The van der Waals surface area contributed by atoms with Crippen molar-refractivity contribution in [3.63, 3.8) is 0 Å². The number of halogens is 2. The summed E-state index contributed by atoms with van der Waals surface area (Å²) in [6, 6.07) is 28.1. The van der Waals surface area contributed by atoms with Gasteiger partial charge in [0, 0.05) is 30.7 Å². The molecule has 0 aliphatic heterocycles. The van der Waals surface area contributed by atoms with Crippen molar-refractivity contribution < 1.29 is 27.8 Å². The molecule has 6 aromatic rings. The molecule has 0 saturated heterocycles. The van der Waals surface area contributed by atoms with Gasteiger partial charge in [-0.2, -0.15) is 5.26 Å². The maximum absolute atomic E-state index is 15.5. The minimum atomic E-state index is -0.543. The topological polar surface area (TPSA) is 99.3 Å². The Balaban J connectivity index is 1.22. The van der Waals surface area contributed by atoms with Crippen molar-refractivity contribution in [1.82, 2.24) is 14.5 Å². The van der Waals surface area contributed by atoms with Crippen LogP contribution in [0.4, 0.5) is 8.78 Å². The van der Waals surface area contributed by atoms with E-state index in [2.05, 4.69) is 4.98 Å². The van der Waals surface area contributed by atoms with Crippen LogP contribution < -0.4 is 14.2 Å². The maximum Gasteiger partial charge on any atom is 0.343 e. The van der Waals surface area contributed by atoms with Crippen molar-refractivity contribution in [3.8, 4) is 34.7 Å². The molecular formula is C37H28F2N4O4. The van der Waals surface area contributed by atoms with E-state index in [0.717, 1.165) is 6.07 Å². The molecule has 0 amide bonds. The smallest absolute Gasteiger partial charge is 0.343 e. The SMILES string of the molecule is CCOc1cc(C(=O)Oc2ccccc2)cc2c1nc(Cc1ccc(-c3cccc(OCc4ccc(C#N)cc4F)n3)cc1F)n2C. The van der Waals surface area contributed by atoms with E-state index in [1.807, 2.05) is 23.6 Å². The molecule has 0 aliphatic rings. The first-order chi connectivity index (χ1) is 22.8. The highest BCUT2D eigenvalue weighted by Crippen LogP contribution is 2.30. The average molecular weight is 631 g/mol. The van der Waals surface area contributed by atoms with Crippen LogP contribution in [0.1, 0.15) is 39.8 Å². The normalized spacial score (nSPS) is 10.9. The molecule has 0 aliphatic carbocycles. The molecular weight excluding hydrogens is 602 g/mol. The zero-order chi connectivity index (χ0) is 32.9. The Labute approximate surface area is 269 Å². The van der Waals surface area contributed by atoms with E-state index in [9.17, 15) is 9.18 Å². The molecule has 8 nitrogen and oxygen atoms in total. The van der Waals surface area contributed by atoms with E-state index >= 15 is 4.39 Å². The summed E-state index contributed by atoms with van der Waals surface area (Å²) < 4.78 is 48.6. The van der Waals surface area contributed by atoms with Crippen molar-refractivity contribution in [3.05, 3.63) is 137 Å². The summed E-state index contributed by atoms with van der Waals surface area (Å²) in [7, 11) is 1.80. The van der Waals surface area contributed by atoms with Crippen LogP contribution in [0, 0.1) is 23.0 Å². The number of nitrogens with zero attached hydrogens (tertiary/aromatic N) is 4. The highest BCUT2D eigenvalue weighted by Gasteiger charge is 2.20. The van der Waals surface area contributed by atoms with Gasteiger partial charge in [-0.1, -0.05) is 42.5 Å². The molecule has 0 atom stereocenters. The van der Waals surface area contributed by atoms with Crippen LogP contribution in [0.25, 0.3) is 22.3 Å². The van der Waals surface area contributed by atoms with Crippen LogP contribution >= 0.6 is 0 Å². The average Bonchev–Trinajstić information content (AvgIpc) is 3.40. The maximum atomic E-state index is 15.5. The fourth-order valence-corrected chi connectivity index (χ4v) is 5.06. The fraction of sp³-hybridized carbons (Fsp3) is 0.135. The molecule has 0 saturated carbocycles. The van der Waals surface area contributed by atoms with Gasteiger partial charge in [0.05, 0.1) is 35.0 Å². The predicted octanol–water partition coefficient (Wildman–Crippen LogP) is 7.57. The lowest BCUT2D eigenvalue weighted by atomic mass is 10.1. The van der Waals surface area contributed by atoms with Crippen molar-refractivity contribution in [2.45, 2.75) is 20.0 Å². The summed E-state index contributed by atoms with van der Waals surface area (Å²) in [5.74, 6) is 0.147. The third kappa shape index (κ3) is 6.79. The van der Waals surface area contributed by atoms with E-state index in [0.29, 0.717) is 57.3 Å². The van der Waals surface area contributed by atoms with Gasteiger partial charge in [0.2, 0.25) is 5.88 Å². The summed E-state index contributed by atoms with van der Waals surface area (Å²) in [6.07, 6.45) is 0.180. The first kappa shape index (κ1) is 30.9. The number of aromatic nitrogens is 3. The number of fused-ring (bicyclic) bond motifs is 1. The van der Waals surface area contributed by atoms with E-state index in [1.165, 1.54) is 18.2 Å². The van der Waals surface area contributed by atoms with E-state index in [-0.39, 0.29) is 30.0 Å². The molecule has 10 heteroatoms. The first-order valence-corrected chi connectivity index (χ1v) is 14.8. The van der Waals surface area contributed by atoms with Gasteiger partial charge in [-0.25, -0.2) is 23.5 Å². The number of pyridine rings is 1. The number of rotatable bonds is 10. The van der Waals surface area contributed by atoms with Gasteiger partial charge >= 0.3 is 5.97 Å². The number of aryl methyl sites for hydroxylation is 1. The highest BCUT2D eigenvalue weighted by molar-refractivity contribution is 5.97. The van der Waals surface area contributed by atoms with Gasteiger partial charge in [-0.3, -0.25) is 0 Å². The molecule has 0 fully saturated rings. The van der Waals surface area contributed by atoms with E-state index in [4.69, 9.17) is 24.5 Å². The summed E-state index contributed by atoms with van der Waals surface area (Å²) in [5, 5.41) is 8.94. The molecule has 234 valence electrons. The summed E-state index contributed by atoms with van der Waals surface area (Å²) >= 11 is 0. The monoisotopic (exact) mass is 630 g/mol. The first-order valence-electron chi connectivity index (χ1n) is 14.8. The zero-order valence-electron chi connectivity index (χ0n) is 25.5. The Hall–Kier alpha value is -6.08. The molecule has 47 heavy (non-hydrogen) atoms. The Morgan fingerprint density at radius 1 is 0.872 bits per heavy atom. The molecule has 2 heterocycles. The number of para-hydroxylation sites is 1. The largest absolute Gasteiger partial charge is 0.492 e. The number of esters is 1. The summed E-state index contributed by atoms with van der Waals surface area (Å²) in [4.78, 5) is 22.2. The second kappa shape index (κ2) is 13.5. The van der Waals surface area contributed by atoms with Gasteiger partial charge in [0.15, 0.2) is 0 Å². The molecule has 0 bridgehead atoms. The molecule has 6 rings (SSSR count). The minimum absolute atomic E-state index is 0.0833. The number of ether oxygens (including phenoxy) is 3. The second-order valence-corrected chi connectivity index (χ2v) is 10.6. The Bertz CT molecular complexity index is 2140. The standard InChI is InChI=1S/C37H28F2N4O4/c1-3-45-33-19-27(37(44)47-28-8-5-4-6-9-28)18-32-36(33)42-34(43(32)2)20-24-14-15-25(17-30(24)39)31-10-7-11-35(41-31)46-22-26-13-12-23(21-40)16-29(26)38/h4-19H,3,20,22H2,1-2H3. The van der Waals surface area contributed by atoms with Gasteiger partial charge in [-0.05, 0) is 61.0 Å². The molecule has 0 N–H and O–H groups in total. The number of imidazole rings is 1. The molecule has 0 radical (unpaired) electrons. The van der Waals surface area contributed by atoms with Crippen molar-refractivity contribution in [2.24, 2.45) is 7.05 Å². The number of hydrogen-bond acceptors (Lipinski definition) is 7. The van der Waals surface area contributed by atoms with Gasteiger partial charge < -0.3 is 18.8 Å². The predicted molar refractivity (Wildman–Crippen MR) is 171 cm³/mol. The Morgan fingerprint density at radius 3 is 2.40 bits per heavy atom. The third-order valence-electron chi connectivity index (χ3n) is 7.51. The van der Waals surface area contributed by atoms with Crippen LogP contribution in [0.5, 0.6) is 17.4 Å². The third-order valence-corrected chi connectivity index (χ3v) is 7.51. The summed E-state index contributed by atoms with van der Waals surface area (Å²) in [5.41, 5.74) is 3.43. The molecule has 0 unspecified atom stereocenters. The van der Waals surface area contributed by atoms with Crippen LogP contribution in [0.3, 0.4) is 0 Å². The number of nitriles is 1. The number of hydrogen-bond donors (Lipinski definition) is 0. The molecule has 0 spiro atoms. The van der Waals surface area contributed by atoms with Crippen LogP contribution in [-0.4, -0.2) is 27.1 Å². The van der Waals surface area contributed by atoms with E-state index < -0.39 is 17.6 Å². The number of carbonyl (C=O) groups is 1. The second-order valence-electron chi connectivity index (χ2n) is 10.6. The lowest BCUT2D eigenvalue weighted by molar-refractivity contribution is 0.0734. The fourth-order valence-electron chi connectivity index (χ4n) is 5.06. The number of benzene rings is 4. The van der Waals surface area contributed by atoms with Gasteiger partial charge in [0.1, 0.15) is 41.1 Å². The van der Waals surface area contributed by atoms with Crippen molar-refractivity contribution in [2.75, 3.05) is 6.61 Å². The molecule has 2 aromatic heterocycles. The Kier molecular flexibility index (Phi) is 8.88. The lowest BCUT2D eigenvalue weighted by Gasteiger charge is -2.10. The summed E-state index contributed by atoms with van der Waals surface area (Å²) in [6.45, 7) is 2.12. The van der Waals surface area contributed by atoms with Crippen LogP contribution in [0.15, 0.2) is 97.1 Å². The molecule has 4 aromatic carbocycles.